The normalized spacial score (nSPS) is 19.3. The molecule has 458 valence electrons. The fraction of sp³-hybridized carbons (Fsp3) is 0.704. The molecule has 80 heavy (non-hydrogen) atoms. The zero-order chi connectivity index (χ0) is 57.9. The smallest absolute Gasteiger partial charge is 0.220 e. The molecule has 9 nitrogen and oxygen atoms in total. The summed E-state index contributed by atoms with van der Waals surface area (Å²) in [4.78, 5) is 13.1. The summed E-state index contributed by atoms with van der Waals surface area (Å²) in [5.41, 5.74) is 0. The van der Waals surface area contributed by atoms with Crippen molar-refractivity contribution < 1.29 is 39.8 Å². The van der Waals surface area contributed by atoms with Gasteiger partial charge in [0.25, 0.3) is 0 Å². The third-order valence-electron chi connectivity index (χ3n) is 14.8. The predicted octanol–water partition coefficient (Wildman–Crippen LogP) is 17.5. The lowest BCUT2D eigenvalue weighted by Gasteiger charge is -2.40. The van der Waals surface area contributed by atoms with Gasteiger partial charge in [-0.2, -0.15) is 0 Å². The average Bonchev–Trinajstić information content (AvgIpc) is 3.46. The molecule has 9 heteroatoms. The average molecular weight is 1120 g/mol. The van der Waals surface area contributed by atoms with Crippen molar-refractivity contribution in [1.29, 1.82) is 0 Å². The Morgan fingerprint density at radius 2 is 0.775 bits per heavy atom. The van der Waals surface area contributed by atoms with Crippen molar-refractivity contribution in [1.82, 2.24) is 5.32 Å². The number of hydrogen-bond donors (Lipinski definition) is 6. The topological polar surface area (TPSA) is 149 Å². The van der Waals surface area contributed by atoms with Gasteiger partial charge in [0.2, 0.25) is 5.91 Å². The summed E-state index contributed by atoms with van der Waals surface area (Å²) in [6.07, 6.45) is 81.0. The Kier molecular flexibility index (Phi) is 54.8. The van der Waals surface area contributed by atoms with E-state index in [1.54, 1.807) is 0 Å². The standard InChI is InChI=1S/C71H121NO8/c1-3-5-7-9-11-13-15-17-19-21-22-23-24-25-26-27-28-29-30-31-32-33-34-35-36-37-38-39-40-41-42-43-44-45-47-49-51-53-55-57-59-61-67(75)72-64(63-79-71-70(78)69(77)68(76)66(62-73)80-71)65(74)60-58-56-54-52-50-48-46-20-18-16-14-12-10-8-6-4-2/h5,7,11,13,17,19,22-23,25-26,28-29,31-32,34-35,37-38,40-41,64-66,68-71,73-74,76-78H,3-4,6,8-10,12,14-16,18,20-21,24,27,30,33,36,39,42-63H2,1-2H3,(H,72,75)/b7-5-,13-11-,19-17-,23-22-,26-25-,29-28-,32-31-,35-34-,38-37-,41-40-. The molecule has 7 unspecified atom stereocenters. The number of unbranched alkanes of at least 4 members (excludes halogenated alkanes) is 25. The summed E-state index contributed by atoms with van der Waals surface area (Å²) in [6, 6.07) is -0.729. The minimum Gasteiger partial charge on any atom is -0.394 e. The summed E-state index contributed by atoms with van der Waals surface area (Å²) in [5, 5.41) is 54.7. The van der Waals surface area contributed by atoms with Crippen LogP contribution in [0.4, 0.5) is 0 Å². The van der Waals surface area contributed by atoms with Crippen molar-refractivity contribution >= 4 is 5.91 Å². The SMILES string of the molecule is CC/C=C\C/C=C\C/C=C\C/C=C\C/C=C\C/C=C\C/C=C\C/C=C\C/C=C\C/C=C\CCCCCCCCCCCCC(=O)NC(COC1OC(CO)C(O)C(O)C1O)C(O)CCCCCCCCCCCCCCCCCC. The molecule has 0 aromatic rings. The molecule has 7 atom stereocenters. The van der Waals surface area contributed by atoms with E-state index in [4.69, 9.17) is 9.47 Å². The molecule has 1 aliphatic rings. The van der Waals surface area contributed by atoms with Crippen LogP contribution in [0.3, 0.4) is 0 Å². The number of carbonyl (C=O) groups is 1. The van der Waals surface area contributed by atoms with E-state index in [0.717, 1.165) is 109 Å². The molecule has 1 rings (SSSR count). The first kappa shape index (κ1) is 74.6. The molecule has 1 aliphatic heterocycles. The van der Waals surface area contributed by atoms with E-state index in [2.05, 4.69) is 141 Å². The fourth-order valence-electron chi connectivity index (χ4n) is 9.72. The monoisotopic (exact) mass is 1120 g/mol. The number of hydrogen-bond acceptors (Lipinski definition) is 8. The molecule has 0 bridgehead atoms. The van der Waals surface area contributed by atoms with Crippen LogP contribution in [0.5, 0.6) is 0 Å². The molecular weight excluding hydrogens is 995 g/mol. The van der Waals surface area contributed by atoms with Crippen molar-refractivity contribution in [2.75, 3.05) is 13.2 Å². The number of rotatable bonds is 55. The number of ether oxygens (including phenoxy) is 2. The molecule has 1 fully saturated rings. The van der Waals surface area contributed by atoms with E-state index in [1.807, 2.05) is 0 Å². The molecule has 0 aromatic heterocycles. The lowest BCUT2D eigenvalue weighted by Crippen LogP contribution is -2.60. The van der Waals surface area contributed by atoms with Crippen LogP contribution in [0.25, 0.3) is 0 Å². The van der Waals surface area contributed by atoms with Gasteiger partial charge in [0.15, 0.2) is 6.29 Å². The van der Waals surface area contributed by atoms with E-state index in [-0.39, 0.29) is 12.5 Å². The van der Waals surface area contributed by atoms with Gasteiger partial charge in [0, 0.05) is 6.42 Å². The molecule has 0 aliphatic carbocycles. The van der Waals surface area contributed by atoms with Gasteiger partial charge in [0.1, 0.15) is 24.4 Å². The van der Waals surface area contributed by atoms with E-state index in [0.29, 0.717) is 12.8 Å². The maximum Gasteiger partial charge on any atom is 0.220 e. The van der Waals surface area contributed by atoms with Gasteiger partial charge in [-0.3, -0.25) is 4.79 Å². The zero-order valence-corrected chi connectivity index (χ0v) is 51.0. The molecule has 0 aromatic carbocycles. The highest BCUT2D eigenvalue weighted by molar-refractivity contribution is 5.76. The van der Waals surface area contributed by atoms with E-state index in [9.17, 15) is 30.3 Å². The van der Waals surface area contributed by atoms with Crippen LogP contribution in [0, 0.1) is 0 Å². The number of nitrogens with one attached hydrogen (secondary N) is 1. The maximum absolute atomic E-state index is 13.1. The second-order valence-electron chi connectivity index (χ2n) is 22.2. The Morgan fingerprint density at radius 1 is 0.438 bits per heavy atom. The molecule has 6 N–H and O–H groups in total. The number of aliphatic hydroxyl groups excluding tert-OH is 5. The first-order valence-corrected chi connectivity index (χ1v) is 32.7. The highest BCUT2D eigenvalue weighted by Gasteiger charge is 2.44. The molecule has 0 spiro atoms. The lowest BCUT2D eigenvalue weighted by molar-refractivity contribution is -0.302. The first-order valence-electron chi connectivity index (χ1n) is 32.7. The Morgan fingerprint density at radius 3 is 1.15 bits per heavy atom. The van der Waals surface area contributed by atoms with Gasteiger partial charge in [-0.25, -0.2) is 0 Å². The van der Waals surface area contributed by atoms with Crippen molar-refractivity contribution in [2.45, 2.75) is 307 Å². The van der Waals surface area contributed by atoms with Gasteiger partial charge in [-0.1, -0.05) is 289 Å². The largest absolute Gasteiger partial charge is 0.394 e. The van der Waals surface area contributed by atoms with Gasteiger partial charge < -0.3 is 40.3 Å². The zero-order valence-electron chi connectivity index (χ0n) is 51.0. The Hall–Kier alpha value is -3.41. The van der Waals surface area contributed by atoms with E-state index in [1.165, 1.54) is 128 Å². The number of carbonyl (C=O) groups excluding carboxylic acids is 1. The van der Waals surface area contributed by atoms with Crippen LogP contribution in [-0.4, -0.2) is 87.5 Å². The Labute approximate surface area is 490 Å². The second kappa shape index (κ2) is 58.8. The van der Waals surface area contributed by atoms with Crippen LogP contribution >= 0.6 is 0 Å². The second-order valence-corrected chi connectivity index (χ2v) is 22.2. The molecular formula is C71H121NO8. The van der Waals surface area contributed by atoms with Crippen LogP contribution in [0.2, 0.25) is 0 Å². The molecule has 0 saturated carbocycles. The third kappa shape index (κ3) is 47.1. The summed E-state index contributed by atoms with van der Waals surface area (Å²) in [7, 11) is 0. The lowest BCUT2D eigenvalue weighted by atomic mass is 9.99. The van der Waals surface area contributed by atoms with Crippen molar-refractivity contribution in [3.8, 4) is 0 Å². The van der Waals surface area contributed by atoms with Crippen molar-refractivity contribution in [3.63, 3.8) is 0 Å². The third-order valence-corrected chi connectivity index (χ3v) is 14.8. The van der Waals surface area contributed by atoms with Gasteiger partial charge in [-0.15, -0.1) is 0 Å². The Balaban J connectivity index is 2.12. The minimum atomic E-state index is -1.56. The van der Waals surface area contributed by atoms with E-state index < -0.39 is 49.5 Å². The minimum absolute atomic E-state index is 0.144. The van der Waals surface area contributed by atoms with Crippen LogP contribution < -0.4 is 5.32 Å². The maximum atomic E-state index is 13.1. The van der Waals surface area contributed by atoms with Crippen LogP contribution in [-0.2, 0) is 14.3 Å². The number of allylic oxidation sites excluding steroid dienone is 20. The number of aliphatic hydroxyl groups is 5. The summed E-state index contributed by atoms with van der Waals surface area (Å²) < 4.78 is 11.3. The van der Waals surface area contributed by atoms with Gasteiger partial charge in [0.05, 0.1) is 25.4 Å². The predicted molar refractivity (Wildman–Crippen MR) is 340 cm³/mol. The summed E-state index contributed by atoms with van der Waals surface area (Å²) in [5.74, 6) is -0.152. The molecule has 1 amide bonds. The van der Waals surface area contributed by atoms with Crippen LogP contribution in [0.15, 0.2) is 122 Å². The summed E-state index contributed by atoms with van der Waals surface area (Å²) >= 11 is 0. The van der Waals surface area contributed by atoms with Crippen molar-refractivity contribution in [3.05, 3.63) is 122 Å². The number of amides is 1. The Bertz CT molecular complexity index is 1670. The highest BCUT2D eigenvalue weighted by Crippen LogP contribution is 2.23. The fourth-order valence-corrected chi connectivity index (χ4v) is 9.72. The van der Waals surface area contributed by atoms with Crippen LogP contribution in [0.1, 0.15) is 264 Å². The molecule has 1 saturated heterocycles. The first-order chi connectivity index (χ1) is 39.3. The quantitative estimate of drug-likeness (QED) is 0.0261. The van der Waals surface area contributed by atoms with E-state index >= 15 is 0 Å². The molecule has 0 radical (unpaired) electrons. The highest BCUT2D eigenvalue weighted by atomic mass is 16.7. The molecule has 1 heterocycles. The summed E-state index contributed by atoms with van der Waals surface area (Å²) in [6.45, 7) is 3.73. The van der Waals surface area contributed by atoms with Gasteiger partial charge in [-0.05, 0) is 89.9 Å². The van der Waals surface area contributed by atoms with Crippen molar-refractivity contribution in [2.24, 2.45) is 0 Å². The van der Waals surface area contributed by atoms with Gasteiger partial charge >= 0.3 is 0 Å².